The Labute approximate surface area is 63.4 Å². The monoisotopic (exact) mass is 143 g/mol. The highest BCUT2D eigenvalue weighted by Gasteiger charge is 1.83. The largest absolute Gasteiger partial charge is 0.255 e. The summed E-state index contributed by atoms with van der Waals surface area (Å²) in [6.45, 7) is 10.3. The molecule has 0 aliphatic heterocycles. The molecule has 0 aromatic carbocycles. The van der Waals surface area contributed by atoms with Gasteiger partial charge in [0.15, 0.2) is 0 Å². The van der Waals surface area contributed by atoms with Crippen molar-refractivity contribution in [3.05, 3.63) is 12.8 Å². The summed E-state index contributed by atoms with van der Waals surface area (Å²) < 4.78 is 0. The summed E-state index contributed by atoms with van der Waals surface area (Å²) in [5.41, 5.74) is 0. The molecular weight excluding hydrogens is 126 g/mol. The van der Waals surface area contributed by atoms with Gasteiger partial charge in [-0.3, -0.25) is 5.01 Å². The van der Waals surface area contributed by atoms with Gasteiger partial charge in [0.25, 0.3) is 0 Å². The highest BCUT2D eigenvalue weighted by atomic mass is 15.5. The van der Waals surface area contributed by atoms with E-state index in [1.165, 1.54) is 0 Å². The molecule has 0 aliphatic carbocycles. The van der Waals surface area contributed by atoms with Gasteiger partial charge in [0, 0.05) is 12.7 Å². The Morgan fingerprint density at radius 1 is 1.50 bits per heavy atom. The second-order valence-electron chi connectivity index (χ2n) is 1.23. The molecule has 0 spiro atoms. The number of nitrogens with zero attached hydrogens (tertiary/aromatic N) is 3. The molecule has 0 rings (SSSR count). The second kappa shape index (κ2) is 11.0. The summed E-state index contributed by atoms with van der Waals surface area (Å²) in [5.74, 6) is 0. The van der Waals surface area contributed by atoms with Crippen LogP contribution in [-0.4, -0.2) is 18.6 Å². The Hall–Kier alpha value is -0.860. The van der Waals surface area contributed by atoms with E-state index < -0.39 is 0 Å². The molecule has 3 nitrogen and oxygen atoms in total. The molecule has 0 saturated carbocycles. The number of hydrogen-bond acceptors (Lipinski definition) is 2. The third kappa shape index (κ3) is 7.14. The molecule has 0 radical (unpaired) electrons. The third-order valence-corrected chi connectivity index (χ3v) is 0.739. The number of rotatable bonds is 3. The van der Waals surface area contributed by atoms with Gasteiger partial charge in [-0.25, -0.2) is 0 Å². The molecule has 0 aromatic heterocycles. The van der Waals surface area contributed by atoms with Gasteiger partial charge < -0.3 is 0 Å². The first-order valence-corrected chi connectivity index (χ1v) is 3.54. The lowest BCUT2D eigenvalue weighted by Crippen LogP contribution is -2.05. The molecule has 0 heterocycles. The molecule has 60 valence electrons. The van der Waals surface area contributed by atoms with Crippen LogP contribution in [0.4, 0.5) is 0 Å². The fraction of sp³-hybridized carbons (Fsp3) is 0.714. The van der Waals surface area contributed by atoms with Crippen LogP contribution >= 0.6 is 0 Å². The molecule has 10 heavy (non-hydrogen) atoms. The molecule has 0 bridgehead atoms. The van der Waals surface area contributed by atoms with E-state index >= 15 is 0 Å². The topological polar surface area (TPSA) is 28.0 Å². The van der Waals surface area contributed by atoms with Gasteiger partial charge in [0.05, 0.1) is 7.05 Å². The molecule has 0 saturated heterocycles. The molecule has 0 unspecified atom stereocenters. The Bertz CT molecular complexity index is 88.9. The first-order chi connectivity index (χ1) is 4.85. The first kappa shape index (κ1) is 11.9. The fourth-order valence-corrected chi connectivity index (χ4v) is 0.344. The van der Waals surface area contributed by atoms with Crippen molar-refractivity contribution in [2.24, 2.45) is 10.3 Å². The van der Waals surface area contributed by atoms with Crippen LogP contribution in [-0.2, 0) is 0 Å². The van der Waals surface area contributed by atoms with Gasteiger partial charge in [-0.15, -0.1) is 0 Å². The fourth-order valence-electron chi connectivity index (χ4n) is 0.344. The Balaban J connectivity index is 0. The van der Waals surface area contributed by atoms with Gasteiger partial charge >= 0.3 is 0 Å². The average molecular weight is 143 g/mol. The Kier molecular flexibility index (Phi) is 13.1. The van der Waals surface area contributed by atoms with E-state index in [9.17, 15) is 0 Å². The molecule has 0 aliphatic rings. The lowest BCUT2D eigenvalue weighted by atomic mass is 10.7. The van der Waals surface area contributed by atoms with E-state index in [-0.39, 0.29) is 0 Å². The molecule has 3 heteroatoms. The van der Waals surface area contributed by atoms with Crippen LogP contribution in [0.1, 0.15) is 20.8 Å². The standard InChI is InChI=1S/C5H11N3.C2H6/c1-4-8(5-2)7-6-3;1-2/h4H,1,5H2,2-3H3;1-2H3. The van der Waals surface area contributed by atoms with Gasteiger partial charge in [-0.1, -0.05) is 25.6 Å². The summed E-state index contributed by atoms with van der Waals surface area (Å²) in [4.78, 5) is 0. The van der Waals surface area contributed by atoms with Crippen molar-refractivity contribution in [2.45, 2.75) is 20.8 Å². The minimum atomic E-state index is 0.820. The maximum Gasteiger partial charge on any atom is 0.0509 e. The van der Waals surface area contributed by atoms with Crippen molar-refractivity contribution in [1.82, 2.24) is 5.01 Å². The average Bonchev–Trinajstić information content (AvgIpc) is 2.04. The predicted octanol–water partition coefficient (Wildman–Crippen LogP) is 2.48. The zero-order valence-corrected chi connectivity index (χ0v) is 7.33. The van der Waals surface area contributed by atoms with E-state index in [0.717, 1.165) is 6.54 Å². The summed E-state index contributed by atoms with van der Waals surface area (Å²) in [6, 6.07) is 0. The quantitative estimate of drug-likeness (QED) is 0.440. The zero-order valence-electron chi connectivity index (χ0n) is 7.33. The summed E-state index contributed by atoms with van der Waals surface area (Å²) in [6.07, 6.45) is 1.63. The lowest BCUT2D eigenvalue weighted by Gasteiger charge is -2.05. The maximum atomic E-state index is 3.70. The van der Waals surface area contributed by atoms with Crippen LogP contribution in [0.15, 0.2) is 23.1 Å². The minimum Gasteiger partial charge on any atom is -0.255 e. The zero-order chi connectivity index (χ0) is 8.41. The van der Waals surface area contributed by atoms with E-state index in [2.05, 4.69) is 16.9 Å². The SMILES string of the molecule is C=CN(CC)N=NC.CC. The van der Waals surface area contributed by atoms with Crippen LogP contribution < -0.4 is 0 Å². The normalized spacial score (nSPS) is 8.40. The third-order valence-electron chi connectivity index (χ3n) is 0.739. The van der Waals surface area contributed by atoms with Crippen LogP contribution in [0.3, 0.4) is 0 Å². The molecule has 0 N–H and O–H groups in total. The van der Waals surface area contributed by atoms with Gasteiger partial charge in [-0.05, 0) is 6.92 Å². The highest BCUT2D eigenvalue weighted by molar-refractivity contribution is 4.62. The first-order valence-electron chi connectivity index (χ1n) is 3.54. The van der Waals surface area contributed by atoms with Gasteiger partial charge in [0.2, 0.25) is 0 Å². The van der Waals surface area contributed by atoms with E-state index in [1.54, 1.807) is 18.3 Å². The number of hydrogen-bond donors (Lipinski definition) is 0. The van der Waals surface area contributed by atoms with Crippen molar-refractivity contribution in [3.63, 3.8) is 0 Å². The van der Waals surface area contributed by atoms with E-state index in [0.29, 0.717) is 0 Å². The predicted molar refractivity (Wildman–Crippen MR) is 44.7 cm³/mol. The smallest absolute Gasteiger partial charge is 0.0509 e. The van der Waals surface area contributed by atoms with Crippen LogP contribution in [0, 0.1) is 0 Å². The van der Waals surface area contributed by atoms with E-state index in [4.69, 9.17) is 0 Å². The van der Waals surface area contributed by atoms with E-state index in [1.807, 2.05) is 20.8 Å². The molecular formula is C7H17N3. The lowest BCUT2D eigenvalue weighted by molar-refractivity contribution is 0.393. The van der Waals surface area contributed by atoms with Crippen molar-refractivity contribution < 1.29 is 0 Å². The van der Waals surface area contributed by atoms with Crippen LogP contribution in [0.25, 0.3) is 0 Å². The van der Waals surface area contributed by atoms with Gasteiger partial charge in [0.1, 0.15) is 0 Å². The van der Waals surface area contributed by atoms with Crippen molar-refractivity contribution in [3.8, 4) is 0 Å². The van der Waals surface area contributed by atoms with Crippen LogP contribution in [0.2, 0.25) is 0 Å². The molecule has 0 fully saturated rings. The minimum absolute atomic E-state index is 0.820. The summed E-state index contributed by atoms with van der Waals surface area (Å²) in [7, 11) is 1.63. The van der Waals surface area contributed by atoms with Gasteiger partial charge in [-0.2, -0.15) is 5.11 Å². The molecule has 0 amide bonds. The molecule has 0 aromatic rings. The van der Waals surface area contributed by atoms with Crippen molar-refractivity contribution in [2.75, 3.05) is 13.6 Å². The summed E-state index contributed by atoms with van der Waals surface area (Å²) in [5, 5.41) is 8.91. The maximum absolute atomic E-state index is 3.70. The van der Waals surface area contributed by atoms with Crippen molar-refractivity contribution in [1.29, 1.82) is 0 Å². The van der Waals surface area contributed by atoms with Crippen LogP contribution in [0.5, 0.6) is 0 Å². The van der Waals surface area contributed by atoms with Crippen molar-refractivity contribution >= 4 is 0 Å². The Morgan fingerprint density at radius 3 is 2.10 bits per heavy atom. The Morgan fingerprint density at radius 2 is 2.00 bits per heavy atom. The highest BCUT2D eigenvalue weighted by Crippen LogP contribution is 1.86. The summed E-state index contributed by atoms with van der Waals surface area (Å²) >= 11 is 0. The second-order valence-corrected chi connectivity index (χ2v) is 1.23. The molecule has 0 atom stereocenters.